The molecule has 0 saturated carbocycles. The highest BCUT2D eigenvalue weighted by molar-refractivity contribution is 7.12. The average Bonchev–Trinajstić information content (AvgIpc) is 3.16. The maximum atomic E-state index is 12.5. The summed E-state index contributed by atoms with van der Waals surface area (Å²) in [4.78, 5) is 23.6. The number of para-hydroxylation sites is 3. The van der Waals surface area contributed by atoms with Crippen molar-refractivity contribution in [3.8, 4) is 5.75 Å². The Bertz CT molecular complexity index is 968. The highest BCUT2D eigenvalue weighted by atomic mass is 32.1. The molecule has 0 aliphatic rings. The van der Waals surface area contributed by atoms with Crippen LogP contribution in [0.25, 0.3) is 0 Å². The predicted molar refractivity (Wildman–Crippen MR) is 106 cm³/mol. The molecule has 1 amide bonds. The molecule has 0 radical (unpaired) electrons. The molecule has 0 spiro atoms. The third-order valence-electron chi connectivity index (χ3n) is 3.98. The lowest BCUT2D eigenvalue weighted by molar-refractivity contribution is -0.385. The Morgan fingerprint density at radius 2 is 1.93 bits per heavy atom. The van der Waals surface area contributed by atoms with Crippen molar-refractivity contribution in [2.75, 3.05) is 5.32 Å². The van der Waals surface area contributed by atoms with Crippen molar-refractivity contribution in [2.45, 2.75) is 20.0 Å². The van der Waals surface area contributed by atoms with E-state index in [0.717, 1.165) is 23.2 Å². The summed E-state index contributed by atoms with van der Waals surface area (Å²) in [5.74, 6) is 0.0226. The third kappa shape index (κ3) is 4.51. The van der Waals surface area contributed by atoms with E-state index in [4.69, 9.17) is 4.74 Å². The van der Waals surface area contributed by atoms with Gasteiger partial charge < -0.3 is 10.1 Å². The number of rotatable bonds is 7. The van der Waals surface area contributed by atoms with Crippen LogP contribution in [0.3, 0.4) is 0 Å². The second-order valence-electron chi connectivity index (χ2n) is 5.80. The Morgan fingerprint density at radius 1 is 1.19 bits per heavy atom. The van der Waals surface area contributed by atoms with Crippen LogP contribution in [0.4, 0.5) is 11.4 Å². The van der Waals surface area contributed by atoms with E-state index in [0.29, 0.717) is 4.88 Å². The van der Waals surface area contributed by atoms with Crippen LogP contribution in [0.5, 0.6) is 5.75 Å². The molecule has 27 heavy (non-hydrogen) atoms. The van der Waals surface area contributed by atoms with Gasteiger partial charge in [-0.1, -0.05) is 37.3 Å². The van der Waals surface area contributed by atoms with Gasteiger partial charge in [-0.05, 0) is 35.6 Å². The fraction of sp³-hybridized carbons (Fsp3) is 0.150. The Balaban J connectivity index is 1.66. The zero-order valence-electron chi connectivity index (χ0n) is 14.7. The minimum absolute atomic E-state index is 0.0816. The lowest BCUT2D eigenvalue weighted by Crippen LogP contribution is -2.11. The summed E-state index contributed by atoms with van der Waals surface area (Å²) in [6.45, 7) is 2.19. The number of hydrogen-bond donors (Lipinski definition) is 1. The number of nitro benzene ring substituents is 1. The fourth-order valence-corrected chi connectivity index (χ4v) is 3.39. The monoisotopic (exact) mass is 382 g/mol. The lowest BCUT2D eigenvalue weighted by Gasteiger charge is -2.08. The zero-order chi connectivity index (χ0) is 19.2. The first kappa shape index (κ1) is 18.6. The van der Waals surface area contributed by atoms with Crippen molar-refractivity contribution >= 4 is 28.6 Å². The second kappa shape index (κ2) is 8.46. The van der Waals surface area contributed by atoms with Gasteiger partial charge in [0, 0.05) is 17.3 Å². The van der Waals surface area contributed by atoms with E-state index in [1.165, 1.54) is 17.4 Å². The highest BCUT2D eigenvalue weighted by Crippen LogP contribution is 2.27. The Labute approximate surface area is 160 Å². The topological polar surface area (TPSA) is 81.5 Å². The first-order valence-corrected chi connectivity index (χ1v) is 9.29. The number of carbonyl (C=O) groups excluding carboxylic acids is 1. The molecule has 7 heteroatoms. The molecule has 1 N–H and O–H groups in total. The maximum Gasteiger partial charge on any atom is 0.310 e. The number of thiophene rings is 1. The molecule has 1 aromatic heterocycles. The molecule has 0 bridgehead atoms. The van der Waals surface area contributed by atoms with Gasteiger partial charge in [-0.25, -0.2) is 0 Å². The standard InChI is InChI=1S/C20H18N2O4S/c1-2-15-7-3-4-8-16(15)21-20(23)19-11-14(13-27-19)12-26-18-10-6-5-9-17(18)22(24)25/h3-11,13H,2,12H2,1H3,(H,21,23). The van der Waals surface area contributed by atoms with E-state index in [-0.39, 0.29) is 24.0 Å². The summed E-state index contributed by atoms with van der Waals surface area (Å²) in [5, 5.41) is 15.8. The third-order valence-corrected chi connectivity index (χ3v) is 4.96. The van der Waals surface area contributed by atoms with Crippen LogP contribution < -0.4 is 10.1 Å². The van der Waals surface area contributed by atoms with Crippen LogP contribution in [0, 0.1) is 10.1 Å². The van der Waals surface area contributed by atoms with Gasteiger partial charge in [0.25, 0.3) is 5.91 Å². The van der Waals surface area contributed by atoms with Crippen molar-refractivity contribution in [3.05, 3.63) is 86.1 Å². The molecule has 3 rings (SSSR count). The van der Waals surface area contributed by atoms with Gasteiger partial charge in [-0.3, -0.25) is 14.9 Å². The minimum Gasteiger partial charge on any atom is -0.482 e. The second-order valence-corrected chi connectivity index (χ2v) is 6.71. The van der Waals surface area contributed by atoms with Gasteiger partial charge in [-0.15, -0.1) is 11.3 Å². The number of amides is 1. The van der Waals surface area contributed by atoms with Crippen LogP contribution in [-0.4, -0.2) is 10.8 Å². The summed E-state index contributed by atoms with van der Waals surface area (Å²) in [6, 6.07) is 15.6. The summed E-state index contributed by atoms with van der Waals surface area (Å²) in [7, 11) is 0. The Hall–Kier alpha value is -3.19. The van der Waals surface area contributed by atoms with Crippen LogP contribution in [0.2, 0.25) is 0 Å². The molecule has 3 aromatic rings. The molecule has 0 aliphatic carbocycles. The normalized spacial score (nSPS) is 10.4. The Morgan fingerprint density at radius 3 is 2.70 bits per heavy atom. The molecule has 0 saturated heterocycles. The molecule has 0 aliphatic heterocycles. The predicted octanol–water partition coefficient (Wildman–Crippen LogP) is 5.05. The molecule has 0 unspecified atom stereocenters. The number of carbonyl (C=O) groups is 1. The van der Waals surface area contributed by atoms with E-state index >= 15 is 0 Å². The lowest BCUT2D eigenvalue weighted by atomic mass is 10.1. The van der Waals surface area contributed by atoms with Crippen LogP contribution in [0.15, 0.2) is 60.0 Å². The maximum absolute atomic E-state index is 12.5. The van der Waals surface area contributed by atoms with Crippen LogP contribution in [0.1, 0.15) is 27.7 Å². The van der Waals surface area contributed by atoms with Crippen LogP contribution >= 0.6 is 11.3 Å². The summed E-state index contributed by atoms with van der Waals surface area (Å²) in [5.41, 5.74) is 2.58. The average molecular weight is 382 g/mol. The number of nitrogens with zero attached hydrogens (tertiary/aromatic N) is 1. The summed E-state index contributed by atoms with van der Waals surface area (Å²) >= 11 is 1.31. The number of nitrogens with one attached hydrogen (secondary N) is 1. The van der Waals surface area contributed by atoms with E-state index < -0.39 is 4.92 Å². The number of nitro groups is 1. The minimum atomic E-state index is -0.479. The van der Waals surface area contributed by atoms with E-state index in [9.17, 15) is 14.9 Å². The number of hydrogen-bond acceptors (Lipinski definition) is 5. The molecular weight excluding hydrogens is 364 g/mol. The van der Waals surface area contributed by atoms with Crippen molar-refractivity contribution < 1.29 is 14.5 Å². The highest BCUT2D eigenvalue weighted by Gasteiger charge is 2.15. The van der Waals surface area contributed by atoms with Crippen molar-refractivity contribution in [2.24, 2.45) is 0 Å². The molecule has 0 atom stereocenters. The summed E-state index contributed by atoms with van der Waals surface area (Å²) < 4.78 is 5.57. The van der Waals surface area contributed by atoms with E-state index in [1.807, 2.05) is 36.6 Å². The van der Waals surface area contributed by atoms with Gasteiger partial charge in [0.1, 0.15) is 6.61 Å². The first-order chi connectivity index (χ1) is 13.1. The van der Waals surface area contributed by atoms with E-state index in [1.54, 1.807) is 24.3 Å². The van der Waals surface area contributed by atoms with Crippen molar-refractivity contribution in [3.63, 3.8) is 0 Å². The van der Waals surface area contributed by atoms with Crippen molar-refractivity contribution in [1.82, 2.24) is 0 Å². The molecule has 1 heterocycles. The molecular formula is C20H18N2O4S. The van der Waals surface area contributed by atoms with E-state index in [2.05, 4.69) is 5.32 Å². The number of anilines is 1. The van der Waals surface area contributed by atoms with Gasteiger partial charge in [0.15, 0.2) is 5.75 Å². The largest absolute Gasteiger partial charge is 0.482 e. The van der Waals surface area contributed by atoms with Gasteiger partial charge in [0.05, 0.1) is 9.80 Å². The van der Waals surface area contributed by atoms with Gasteiger partial charge >= 0.3 is 5.69 Å². The molecule has 2 aromatic carbocycles. The first-order valence-electron chi connectivity index (χ1n) is 8.41. The smallest absolute Gasteiger partial charge is 0.310 e. The quantitative estimate of drug-likeness (QED) is 0.458. The number of benzene rings is 2. The SMILES string of the molecule is CCc1ccccc1NC(=O)c1cc(COc2ccccc2[N+](=O)[O-])cs1. The van der Waals surface area contributed by atoms with Gasteiger partial charge in [0.2, 0.25) is 0 Å². The molecule has 138 valence electrons. The van der Waals surface area contributed by atoms with Crippen LogP contribution in [-0.2, 0) is 13.0 Å². The van der Waals surface area contributed by atoms with Crippen molar-refractivity contribution in [1.29, 1.82) is 0 Å². The fourth-order valence-electron chi connectivity index (χ4n) is 2.60. The van der Waals surface area contributed by atoms with Gasteiger partial charge in [-0.2, -0.15) is 0 Å². The zero-order valence-corrected chi connectivity index (χ0v) is 15.5. The summed E-state index contributed by atoms with van der Waals surface area (Å²) in [6.07, 6.45) is 0.829. The number of ether oxygens (including phenoxy) is 1. The molecule has 6 nitrogen and oxygen atoms in total. The molecule has 0 fully saturated rings. The Kier molecular flexibility index (Phi) is 5.83. The number of aryl methyl sites for hydroxylation is 1.